The number of phosphoric acid groups is 1. The number of nitrogens with one attached hydrogen (secondary N) is 1. The molecule has 3 unspecified atom stereocenters. The van der Waals surface area contributed by atoms with E-state index in [4.69, 9.17) is 9.05 Å². The van der Waals surface area contributed by atoms with Gasteiger partial charge < -0.3 is 19.8 Å². The Kier molecular flexibility index (Phi) is 47.6. The Morgan fingerprint density at radius 3 is 1.33 bits per heavy atom. The van der Waals surface area contributed by atoms with E-state index in [1.807, 2.05) is 27.2 Å². The van der Waals surface area contributed by atoms with E-state index in [0.29, 0.717) is 17.4 Å². The number of amides is 1. The van der Waals surface area contributed by atoms with Gasteiger partial charge in [-0.3, -0.25) is 13.8 Å². The monoisotopic (exact) mass is 980 g/mol. The highest BCUT2D eigenvalue weighted by Crippen LogP contribution is 2.43. The number of rotatable bonds is 48. The highest BCUT2D eigenvalue weighted by atomic mass is 31.2. The number of hydrogen-bond acceptors (Lipinski definition) is 5. The van der Waals surface area contributed by atoms with E-state index in [1.54, 1.807) is 6.08 Å². The van der Waals surface area contributed by atoms with E-state index in [1.165, 1.54) is 89.9 Å². The summed E-state index contributed by atoms with van der Waals surface area (Å²) in [6.45, 7) is 4.58. The average molecular weight is 980 g/mol. The summed E-state index contributed by atoms with van der Waals surface area (Å²) in [6.07, 6.45) is 74.8. The number of unbranched alkanes of at least 4 members (excludes halogenated alkanes) is 17. The Balaban J connectivity index is 3.95. The third-order valence-corrected chi connectivity index (χ3v) is 12.4. The van der Waals surface area contributed by atoms with Crippen LogP contribution in [0.3, 0.4) is 0 Å². The van der Waals surface area contributed by atoms with Crippen molar-refractivity contribution in [1.29, 1.82) is 0 Å². The van der Waals surface area contributed by atoms with Crippen LogP contribution in [0.1, 0.15) is 200 Å². The fraction of sp³-hybridized carbons (Fsp3) is 0.650. The van der Waals surface area contributed by atoms with Crippen LogP contribution in [0.5, 0.6) is 0 Å². The van der Waals surface area contributed by atoms with Crippen LogP contribution in [-0.4, -0.2) is 73.4 Å². The zero-order valence-corrected chi connectivity index (χ0v) is 45.6. The van der Waals surface area contributed by atoms with Crippen LogP contribution in [0.15, 0.2) is 122 Å². The zero-order valence-electron chi connectivity index (χ0n) is 44.8. The lowest BCUT2D eigenvalue weighted by Gasteiger charge is -2.25. The van der Waals surface area contributed by atoms with Gasteiger partial charge in [-0.25, -0.2) is 4.57 Å². The molecule has 0 fully saturated rings. The minimum Gasteiger partial charge on any atom is -0.387 e. The first kappa shape index (κ1) is 65.9. The summed E-state index contributed by atoms with van der Waals surface area (Å²) in [5.41, 5.74) is 0. The summed E-state index contributed by atoms with van der Waals surface area (Å²) in [5.74, 6) is -0.196. The van der Waals surface area contributed by atoms with Crippen LogP contribution in [0, 0.1) is 0 Å². The van der Waals surface area contributed by atoms with Crippen molar-refractivity contribution in [3.8, 4) is 0 Å². The van der Waals surface area contributed by atoms with Crippen molar-refractivity contribution in [3.63, 3.8) is 0 Å². The second kappa shape index (κ2) is 49.9. The van der Waals surface area contributed by atoms with E-state index >= 15 is 0 Å². The maximum atomic E-state index is 12.9. The lowest BCUT2D eigenvalue weighted by atomic mass is 10.0. The number of hydrogen-bond donors (Lipinski definition) is 3. The molecule has 0 aliphatic heterocycles. The van der Waals surface area contributed by atoms with Crippen molar-refractivity contribution in [2.45, 2.75) is 212 Å². The first-order chi connectivity index (χ1) is 33.5. The van der Waals surface area contributed by atoms with Crippen LogP contribution in [-0.2, 0) is 18.4 Å². The van der Waals surface area contributed by atoms with E-state index in [9.17, 15) is 19.4 Å². The van der Waals surface area contributed by atoms with E-state index in [2.05, 4.69) is 129 Å². The minimum atomic E-state index is -4.35. The van der Waals surface area contributed by atoms with Crippen molar-refractivity contribution >= 4 is 13.7 Å². The van der Waals surface area contributed by atoms with E-state index in [0.717, 1.165) is 89.9 Å². The van der Waals surface area contributed by atoms with E-state index in [-0.39, 0.29) is 19.1 Å². The normalized spacial score (nSPS) is 14.9. The molecule has 0 aliphatic rings. The molecule has 0 aromatic rings. The molecule has 394 valence electrons. The molecule has 0 aromatic heterocycles. The topological polar surface area (TPSA) is 105 Å². The standard InChI is InChI=1S/C60H103N2O6P/c1-6-8-10-12-14-16-17-18-19-20-21-22-23-24-25-26-27-28-29-30-31-32-33-34-35-36-37-38-39-40-41-42-43-44-45-46-48-50-52-54-60(64)61-58(57-68-69(65,66)67-56-55-62(3,4)5)59(63)53-51-49-47-15-13-11-9-7-2/h8,10,13-16,18-19,21-22,24-25,27-28,30-31,33-34,51,53,58-59,63H,6-7,9,11-12,17,20,23,26,29,32,35-50,52,54-57H2,1-5H3,(H-,61,64,65,66)/p+1/b10-8-,15-13+,16-14-,19-18-,22-21-,25-24-,28-27-,31-30-,34-33-,53-51+. The summed E-state index contributed by atoms with van der Waals surface area (Å²) in [5, 5.41) is 13.7. The van der Waals surface area contributed by atoms with Gasteiger partial charge in [-0.1, -0.05) is 225 Å². The molecule has 3 N–H and O–H groups in total. The van der Waals surface area contributed by atoms with Crippen LogP contribution < -0.4 is 5.32 Å². The lowest BCUT2D eigenvalue weighted by molar-refractivity contribution is -0.870. The van der Waals surface area contributed by atoms with Crippen molar-refractivity contribution in [3.05, 3.63) is 122 Å². The highest BCUT2D eigenvalue weighted by molar-refractivity contribution is 7.47. The van der Waals surface area contributed by atoms with Crippen LogP contribution >= 0.6 is 7.82 Å². The molecule has 0 heterocycles. The summed E-state index contributed by atoms with van der Waals surface area (Å²) >= 11 is 0. The molecule has 0 aliphatic carbocycles. The summed E-state index contributed by atoms with van der Waals surface area (Å²) < 4.78 is 23.5. The second-order valence-electron chi connectivity index (χ2n) is 19.2. The molecule has 0 rings (SSSR count). The van der Waals surface area contributed by atoms with Gasteiger partial charge in [-0.2, -0.15) is 0 Å². The van der Waals surface area contributed by atoms with Gasteiger partial charge in [-0.05, 0) is 89.9 Å². The number of allylic oxidation sites excluding steroid dienone is 19. The third-order valence-electron chi connectivity index (χ3n) is 11.4. The van der Waals surface area contributed by atoms with Crippen LogP contribution in [0.4, 0.5) is 0 Å². The molecule has 69 heavy (non-hydrogen) atoms. The van der Waals surface area contributed by atoms with Crippen LogP contribution in [0.2, 0.25) is 0 Å². The summed E-state index contributed by atoms with van der Waals surface area (Å²) in [6, 6.07) is -0.867. The third kappa shape index (κ3) is 52.6. The molecule has 0 saturated carbocycles. The zero-order chi connectivity index (χ0) is 50.6. The second-order valence-corrected chi connectivity index (χ2v) is 20.7. The first-order valence-electron chi connectivity index (χ1n) is 27.4. The number of quaternary nitrogens is 1. The highest BCUT2D eigenvalue weighted by Gasteiger charge is 2.27. The SMILES string of the molecule is CC/C=C\C/C=C\C/C=C\C/C=C\C/C=C\C/C=C\C/C=C\C/C=C\CCCCCCCCCCCCCCCCC(=O)NC(COP(=O)(O)OCC[N+](C)(C)C)C(O)/C=C/CC/C=C/CCCC. The Hall–Kier alpha value is -3.10. The number of carbonyl (C=O) groups excluding carboxylic acids is 1. The molecule has 9 heteroatoms. The molecule has 8 nitrogen and oxygen atoms in total. The van der Waals surface area contributed by atoms with Crippen LogP contribution in [0.25, 0.3) is 0 Å². The predicted octanol–water partition coefficient (Wildman–Crippen LogP) is 16.6. The summed E-state index contributed by atoms with van der Waals surface area (Å²) in [7, 11) is 1.54. The molecule has 3 atom stereocenters. The van der Waals surface area contributed by atoms with Crippen molar-refractivity contribution < 1.29 is 32.9 Å². The molecule has 1 amide bonds. The average Bonchev–Trinajstić information content (AvgIpc) is 3.31. The molecule has 0 radical (unpaired) electrons. The van der Waals surface area contributed by atoms with Gasteiger partial charge >= 0.3 is 7.82 Å². The maximum absolute atomic E-state index is 12.9. The number of aliphatic hydroxyl groups excluding tert-OH is 1. The minimum absolute atomic E-state index is 0.0509. The van der Waals surface area contributed by atoms with Gasteiger partial charge in [0.25, 0.3) is 0 Å². The van der Waals surface area contributed by atoms with Crippen molar-refractivity contribution in [1.82, 2.24) is 5.32 Å². The molecular weight excluding hydrogens is 876 g/mol. The Labute approximate surface area is 424 Å². The lowest BCUT2D eigenvalue weighted by Crippen LogP contribution is -2.45. The molecular formula is C60H104N2O6P+. The smallest absolute Gasteiger partial charge is 0.387 e. The number of carbonyl (C=O) groups is 1. The fourth-order valence-corrected chi connectivity index (χ4v) is 7.85. The Bertz CT molecular complexity index is 1530. The number of likely N-dealkylation sites (N-methyl/N-ethyl adjacent to an activating group) is 1. The van der Waals surface area contributed by atoms with Gasteiger partial charge in [-0.15, -0.1) is 0 Å². The van der Waals surface area contributed by atoms with E-state index < -0.39 is 20.0 Å². The Morgan fingerprint density at radius 2 is 0.884 bits per heavy atom. The van der Waals surface area contributed by atoms with Gasteiger partial charge in [0.2, 0.25) is 5.91 Å². The molecule has 0 saturated heterocycles. The van der Waals surface area contributed by atoms with Gasteiger partial charge in [0.15, 0.2) is 0 Å². The van der Waals surface area contributed by atoms with Gasteiger partial charge in [0.05, 0.1) is 39.9 Å². The maximum Gasteiger partial charge on any atom is 0.472 e. The largest absolute Gasteiger partial charge is 0.472 e. The summed E-state index contributed by atoms with van der Waals surface area (Å²) in [4.78, 5) is 23.1. The Morgan fingerprint density at radius 1 is 0.507 bits per heavy atom. The fourth-order valence-electron chi connectivity index (χ4n) is 7.12. The predicted molar refractivity (Wildman–Crippen MR) is 299 cm³/mol. The van der Waals surface area contributed by atoms with Gasteiger partial charge in [0, 0.05) is 6.42 Å². The quantitative estimate of drug-likeness (QED) is 0.0243. The number of phosphoric ester groups is 1. The van der Waals surface area contributed by atoms with Gasteiger partial charge in [0.1, 0.15) is 13.2 Å². The van der Waals surface area contributed by atoms with Crippen molar-refractivity contribution in [2.75, 3.05) is 40.9 Å². The number of nitrogens with zero attached hydrogens (tertiary/aromatic N) is 1. The first-order valence-corrected chi connectivity index (χ1v) is 28.9. The molecule has 0 aromatic carbocycles. The van der Waals surface area contributed by atoms with Crippen molar-refractivity contribution in [2.24, 2.45) is 0 Å². The molecule has 0 spiro atoms. The number of aliphatic hydroxyl groups is 1. The molecule has 0 bridgehead atoms.